The molecule has 2 aromatic carbocycles. The predicted octanol–water partition coefficient (Wildman–Crippen LogP) is 2.94. The molecule has 0 aliphatic carbocycles. The van der Waals surface area contributed by atoms with Crippen LogP contribution in [-0.2, 0) is 21.2 Å². The summed E-state index contributed by atoms with van der Waals surface area (Å²) in [6.45, 7) is 0.833. The number of methoxy groups -OCH3 is 1. The van der Waals surface area contributed by atoms with Gasteiger partial charge in [0.2, 0.25) is 15.9 Å². The largest absolute Gasteiger partial charge is 0.490 e. The average molecular weight is 487 g/mol. The molecule has 0 atom stereocenters. The number of nitro groups is 1. The normalized spacial score (nSPS) is 14.9. The van der Waals surface area contributed by atoms with Crippen molar-refractivity contribution in [1.82, 2.24) is 14.2 Å². The van der Waals surface area contributed by atoms with Crippen molar-refractivity contribution < 1.29 is 22.9 Å². The molecule has 0 radical (unpaired) electrons. The number of aromatic nitrogens is 1. The summed E-state index contributed by atoms with van der Waals surface area (Å²) in [6.07, 6.45) is 3.84. The lowest BCUT2D eigenvalue weighted by atomic mass is 10.1. The zero-order valence-corrected chi connectivity index (χ0v) is 19.6. The Bertz CT molecular complexity index is 1310. The van der Waals surface area contributed by atoms with E-state index >= 15 is 0 Å². The molecular formula is C23H26N4O6S. The summed E-state index contributed by atoms with van der Waals surface area (Å²) in [5.74, 6) is -0.0102. The summed E-state index contributed by atoms with van der Waals surface area (Å²) < 4.78 is 32.2. The van der Waals surface area contributed by atoms with Crippen LogP contribution in [-0.4, -0.2) is 66.7 Å². The minimum absolute atomic E-state index is 0.00280. The molecule has 4 rings (SSSR count). The number of benzene rings is 2. The highest BCUT2D eigenvalue weighted by molar-refractivity contribution is 7.89. The fraction of sp³-hybridized carbons (Fsp3) is 0.348. The first-order valence-corrected chi connectivity index (χ1v) is 12.4. The molecule has 11 heteroatoms. The van der Waals surface area contributed by atoms with Crippen molar-refractivity contribution in [3.63, 3.8) is 0 Å². The summed E-state index contributed by atoms with van der Waals surface area (Å²) in [4.78, 5) is 28.0. The lowest BCUT2D eigenvalue weighted by Gasteiger charge is -2.34. The molecule has 10 nitrogen and oxygen atoms in total. The van der Waals surface area contributed by atoms with Gasteiger partial charge in [0.15, 0.2) is 5.75 Å². The van der Waals surface area contributed by atoms with E-state index in [1.807, 2.05) is 24.4 Å². The first-order chi connectivity index (χ1) is 16.3. The maximum atomic E-state index is 13.0. The van der Waals surface area contributed by atoms with Gasteiger partial charge in [0.1, 0.15) is 0 Å². The average Bonchev–Trinajstić information content (AvgIpc) is 3.26. The van der Waals surface area contributed by atoms with Crippen LogP contribution < -0.4 is 4.74 Å². The molecule has 180 valence electrons. The van der Waals surface area contributed by atoms with Crippen molar-refractivity contribution in [1.29, 1.82) is 0 Å². The number of para-hydroxylation sites is 1. The second kappa shape index (κ2) is 9.82. The van der Waals surface area contributed by atoms with E-state index < -0.39 is 20.6 Å². The molecule has 0 bridgehead atoms. The van der Waals surface area contributed by atoms with Crippen LogP contribution in [0, 0.1) is 10.1 Å². The van der Waals surface area contributed by atoms with Crippen LogP contribution in [0.5, 0.6) is 5.75 Å². The van der Waals surface area contributed by atoms with Gasteiger partial charge in [-0.05, 0) is 36.6 Å². The zero-order chi connectivity index (χ0) is 24.3. The number of carbonyl (C=O) groups is 1. The SMILES string of the molecule is COc1ccc(S(=O)(=O)N2CCN(C(=O)CCCc3c[nH]c4ccccc34)CC2)cc1[N+](=O)[O-]. The molecule has 1 saturated heterocycles. The molecule has 0 spiro atoms. The molecule has 1 aliphatic rings. The lowest BCUT2D eigenvalue weighted by Crippen LogP contribution is -2.50. The third kappa shape index (κ3) is 4.75. The number of H-pyrrole nitrogens is 1. The van der Waals surface area contributed by atoms with E-state index in [0.717, 1.165) is 23.4 Å². The molecule has 34 heavy (non-hydrogen) atoms. The number of amides is 1. The molecule has 0 saturated carbocycles. The van der Waals surface area contributed by atoms with E-state index in [1.165, 1.54) is 29.1 Å². The minimum atomic E-state index is -3.93. The van der Waals surface area contributed by atoms with Crippen molar-refractivity contribution in [3.05, 3.63) is 64.3 Å². The lowest BCUT2D eigenvalue weighted by molar-refractivity contribution is -0.386. The molecule has 1 aliphatic heterocycles. The van der Waals surface area contributed by atoms with E-state index in [9.17, 15) is 23.3 Å². The van der Waals surface area contributed by atoms with Gasteiger partial charge in [0.05, 0.1) is 16.9 Å². The second-order valence-corrected chi connectivity index (χ2v) is 10.0. The molecule has 0 unspecified atom stereocenters. The topological polar surface area (TPSA) is 126 Å². The predicted molar refractivity (Wildman–Crippen MR) is 126 cm³/mol. The highest BCUT2D eigenvalue weighted by Gasteiger charge is 2.31. The van der Waals surface area contributed by atoms with Crippen molar-refractivity contribution in [2.75, 3.05) is 33.3 Å². The van der Waals surface area contributed by atoms with Crippen LogP contribution in [0.3, 0.4) is 0 Å². The number of rotatable bonds is 8. The molecule has 1 aromatic heterocycles. The first kappa shape index (κ1) is 23.7. The number of aromatic amines is 1. The van der Waals surface area contributed by atoms with Crippen LogP contribution in [0.15, 0.2) is 53.6 Å². The Morgan fingerprint density at radius 2 is 1.88 bits per heavy atom. The van der Waals surface area contributed by atoms with E-state index in [2.05, 4.69) is 11.1 Å². The van der Waals surface area contributed by atoms with Crippen LogP contribution in [0.25, 0.3) is 10.9 Å². The van der Waals surface area contributed by atoms with Crippen LogP contribution >= 0.6 is 0 Å². The summed E-state index contributed by atoms with van der Waals surface area (Å²) in [5.41, 5.74) is 1.84. The third-order valence-electron chi connectivity index (χ3n) is 6.09. The Labute approximate surface area is 197 Å². The van der Waals surface area contributed by atoms with E-state index in [0.29, 0.717) is 12.8 Å². The summed E-state index contributed by atoms with van der Waals surface area (Å²) in [5, 5.41) is 12.4. The van der Waals surface area contributed by atoms with Gasteiger partial charge in [-0.2, -0.15) is 4.31 Å². The molecule has 2 heterocycles. The molecule has 1 fully saturated rings. The van der Waals surface area contributed by atoms with Gasteiger partial charge in [-0.25, -0.2) is 8.42 Å². The first-order valence-electron chi connectivity index (χ1n) is 11.0. The quantitative estimate of drug-likeness (QED) is 0.385. The minimum Gasteiger partial charge on any atom is -0.490 e. The van der Waals surface area contributed by atoms with E-state index in [-0.39, 0.29) is 42.7 Å². The number of piperazine rings is 1. The molecule has 1 N–H and O–H groups in total. The van der Waals surface area contributed by atoms with Crippen LogP contribution in [0.1, 0.15) is 18.4 Å². The van der Waals surface area contributed by atoms with Crippen molar-refractivity contribution in [3.8, 4) is 5.75 Å². The van der Waals surface area contributed by atoms with E-state index in [1.54, 1.807) is 4.90 Å². The number of carbonyl (C=O) groups excluding carboxylic acids is 1. The number of sulfonamides is 1. The van der Waals surface area contributed by atoms with Gasteiger partial charge in [0, 0.05) is 55.8 Å². The fourth-order valence-electron chi connectivity index (χ4n) is 4.23. The molecular weight excluding hydrogens is 460 g/mol. The van der Waals surface area contributed by atoms with Crippen LogP contribution in [0.4, 0.5) is 5.69 Å². The number of ether oxygens (including phenoxy) is 1. The van der Waals surface area contributed by atoms with E-state index in [4.69, 9.17) is 4.74 Å². The highest BCUT2D eigenvalue weighted by Crippen LogP contribution is 2.31. The Hall–Kier alpha value is -3.44. The monoisotopic (exact) mass is 486 g/mol. The zero-order valence-electron chi connectivity index (χ0n) is 18.8. The summed E-state index contributed by atoms with van der Waals surface area (Å²) in [7, 11) is -2.64. The third-order valence-corrected chi connectivity index (χ3v) is 7.98. The Morgan fingerprint density at radius 1 is 1.15 bits per heavy atom. The standard InChI is InChI=1S/C23H26N4O6S/c1-33-22-10-9-18(15-21(22)27(29)30)34(31,32)26-13-11-25(12-14-26)23(28)8-4-5-17-16-24-20-7-3-2-6-19(17)20/h2-3,6-7,9-10,15-16,24H,4-5,8,11-14H2,1H3. The van der Waals surface area contributed by atoms with Gasteiger partial charge in [-0.15, -0.1) is 0 Å². The van der Waals surface area contributed by atoms with Gasteiger partial charge in [-0.1, -0.05) is 18.2 Å². The smallest absolute Gasteiger partial charge is 0.312 e. The number of hydrogen-bond acceptors (Lipinski definition) is 6. The van der Waals surface area contributed by atoms with Gasteiger partial charge >= 0.3 is 5.69 Å². The number of fused-ring (bicyclic) bond motifs is 1. The summed E-state index contributed by atoms with van der Waals surface area (Å²) >= 11 is 0. The van der Waals surface area contributed by atoms with Crippen molar-refractivity contribution in [2.24, 2.45) is 0 Å². The Kier molecular flexibility index (Phi) is 6.85. The van der Waals surface area contributed by atoms with Gasteiger partial charge in [0.25, 0.3) is 0 Å². The maximum Gasteiger partial charge on any atom is 0.312 e. The second-order valence-electron chi connectivity index (χ2n) is 8.09. The number of nitrogens with zero attached hydrogens (tertiary/aromatic N) is 3. The van der Waals surface area contributed by atoms with Gasteiger partial charge in [-0.3, -0.25) is 14.9 Å². The van der Waals surface area contributed by atoms with Gasteiger partial charge < -0.3 is 14.6 Å². The number of aryl methyl sites for hydroxylation is 1. The fourth-order valence-corrected chi connectivity index (χ4v) is 5.67. The van der Waals surface area contributed by atoms with Crippen molar-refractivity contribution >= 4 is 32.5 Å². The molecule has 3 aromatic rings. The highest BCUT2D eigenvalue weighted by atomic mass is 32.2. The Morgan fingerprint density at radius 3 is 2.59 bits per heavy atom. The maximum absolute atomic E-state index is 13.0. The molecule has 1 amide bonds. The van der Waals surface area contributed by atoms with Crippen molar-refractivity contribution in [2.45, 2.75) is 24.2 Å². The Balaban J connectivity index is 1.33. The number of hydrogen-bond donors (Lipinski definition) is 1. The summed E-state index contributed by atoms with van der Waals surface area (Å²) in [6, 6.07) is 11.6. The number of nitro benzene ring substituents is 1. The van der Waals surface area contributed by atoms with Crippen LogP contribution in [0.2, 0.25) is 0 Å². The number of nitrogens with one attached hydrogen (secondary N) is 1.